The first-order valence-corrected chi connectivity index (χ1v) is 6.07. The van der Waals surface area contributed by atoms with Gasteiger partial charge in [-0.15, -0.1) is 0 Å². The summed E-state index contributed by atoms with van der Waals surface area (Å²) in [7, 11) is 0. The highest BCUT2D eigenvalue weighted by atomic mass is 35.5. The molecule has 1 aromatic carbocycles. The number of benzene rings is 1. The minimum atomic E-state index is -1.34. The zero-order chi connectivity index (χ0) is 15.4. The molecule has 7 nitrogen and oxygen atoms in total. The predicted molar refractivity (Wildman–Crippen MR) is 74.2 cm³/mol. The van der Waals surface area contributed by atoms with E-state index in [9.17, 15) is 14.4 Å². The van der Waals surface area contributed by atoms with Crippen LogP contribution in [-0.2, 0) is 4.79 Å². The van der Waals surface area contributed by atoms with E-state index in [0.29, 0.717) is 0 Å². The van der Waals surface area contributed by atoms with Gasteiger partial charge in [0.25, 0.3) is 0 Å². The zero-order valence-corrected chi connectivity index (χ0v) is 11.7. The molecule has 5 N–H and O–H groups in total. The Morgan fingerprint density at radius 3 is 2.30 bits per heavy atom. The van der Waals surface area contributed by atoms with Gasteiger partial charge in [-0.2, -0.15) is 0 Å². The average molecular weight is 320 g/mol. The van der Waals surface area contributed by atoms with Gasteiger partial charge in [0.2, 0.25) is 5.91 Å². The van der Waals surface area contributed by atoms with Crippen molar-refractivity contribution in [2.45, 2.75) is 13.0 Å². The third-order valence-electron chi connectivity index (χ3n) is 2.32. The van der Waals surface area contributed by atoms with Gasteiger partial charge in [0, 0.05) is 0 Å². The minimum Gasteiger partial charge on any atom is -0.478 e. The Balaban J connectivity index is 3.09. The predicted octanol–water partition coefficient (Wildman–Crippen LogP) is 1.69. The number of carboxylic acid groups (broad SMARTS) is 1. The van der Waals surface area contributed by atoms with Gasteiger partial charge >= 0.3 is 12.0 Å². The second kappa shape index (κ2) is 6.44. The Morgan fingerprint density at radius 2 is 1.80 bits per heavy atom. The quantitative estimate of drug-likeness (QED) is 0.674. The Labute approximate surface area is 124 Å². The number of halogens is 2. The van der Waals surface area contributed by atoms with Crippen molar-refractivity contribution < 1.29 is 19.5 Å². The number of carbonyl (C=O) groups excluding carboxylic acids is 2. The van der Waals surface area contributed by atoms with E-state index in [1.807, 2.05) is 0 Å². The molecule has 9 heteroatoms. The number of nitrogens with two attached hydrogens (primary N) is 1. The number of primary amides is 1. The number of amides is 3. The fourth-order valence-corrected chi connectivity index (χ4v) is 1.84. The van der Waals surface area contributed by atoms with Crippen LogP contribution in [0.2, 0.25) is 10.0 Å². The normalized spacial score (nSPS) is 11.6. The maximum absolute atomic E-state index is 11.8. The fraction of sp³-hybridized carbons (Fsp3) is 0.182. The molecular weight excluding hydrogens is 309 g/mol. The largest absolute Gasteiger partial charge is 0.478 e. The summed E-state index contributed by atoms with van der Waals surface area (Å²) >= 11 is 11.6. The number of urea groups is 1. The number of aromatic carboxylic acids is 1. The van der Waals surface area contributed by atoms with Crippen molar-refractivity contribution in [3.8, 4) is 0 Å². The lowest BCUT2D eigenvalue weighted by atomic mass is 10.1. The number of anilines is 1. The SMILES string of the molecule is CC(NC(N)=O)C(=O)Nc1c(Cl)ccc(Cl)c1C(=O)O. The molecule has 108 valence electrons. The summed E-state index contributed by atoms with van der Waals surface area (Å²) in [4.78, 5) is 33.6. The molecule has 1 aromatic rings. The van der Waals surface area contributed by atoms with Crippen LogP contribution >= 0.6 is 23.2 Å². The highest BCUT2D eigenvalue weighted by Gasteiger charge is 2.22. The van der Waals surface area contributed by atoms with Crippen molar-refractivity contribution in [2.24, 2.45) is 5.73 Å². The van der Waals surface area contributed by atoms with Gasteiger partial charge in [0.1, 0.15) is 11.6 Å². The third kappa shape index (κ3) is 3.75. The summed E-state index contributed by atoms with van der Waals surface area (Å²) in [5, 5.41) is 13.5. The Morgan fingerprint density at radius 1 is 1.25 bits per heavy atom. The van der Waals surface area contributed by atoms with E-state index < -0.39 is 23.9 Å². The molecule has 0 radical (unpaired) electrons. The Bertz CT molecular complexity index is 577. The van der Waals surface area contributed by atoms with Crippen LogP contribution in [0.3, 0.4) is 0 Å². The summed E-state index contributed by atoms with van der Waals surface area (Å²) in [5.74, 6) is -2.03. The number of hydrogen-bond acceptors (Lipinski definition) is 3. The van der Waals surface area contributed by atoms with E-state index in [-0.39, 0.29) is 21.3 Å². The summed E-state index contributed by atoms with van der Waals surface area (Å²) in [6.45, 7) is 1.37. The number of nitrogens with one attached hydrogen (secondary N) is 2. The van der Waals surface area contributed by atoms with Crippen LogP contribution in [0.25, 0.3) is 0 Å². The van der Waals surface area contributed by atoms with Gasteiger partial charge in [-0.25, -0.2) is 9.59 Å². The topological polar surface area (TPSA) is 122 Å². The van der Waals surface area contributed by atoms with E-state index in [2.05, 4.69) is 10.6 Å². The molecular formula is C11H11Cl2N3O4. The first-order valence-electron chi connectivity index (χ1n) is 5.32. The molecule has 0 bridgehead atoms. The fourth-order valence-electron chi connectivity index (χ4n) is 1.39. The molecule has 0 aliphatic rings. The maximum Gasteiger partial charge on any atom is 0.339 e. The van der Waals surface area contributed by atoms with E-state index in [4.69, 9.17) is 34.0 Å². The van der Waals surface area contributed by atoms with Gasteiger partial charge < -0.3 is 21.5 Å². The standard InChI is InChI=1S/C11H11Cl2N3O4/c1-4(15-11(14)20)9(17)16-8-6(13)3-2-5(12)7(8)10(18)19/h2-4H,1H3,(H,16,17)(H,18,19)(H3,14,15,20). The highest BCUT2D eigenvalue weighted by Crippen LogP contribution is 2.32. The van der Waals surface area contributed by atoms with Crippen molar-refractivity contribution in [3.05, 3.63) is 27.7 Å². The Hall–Kier alpha value is -1.99. The number of carbonyl (C=O) groups is 3. The van der Waals surface area contributed by atoms with Crippen LogP contribution in [0.5, 0.6) is 0 Å². The molecule has 1 rings (SSSR count). The van der Waals surface area contributed by atoms with Crippen LogP contribution in [0, 0.1) is 0 Å². The molecule has 0 fully saturated rings. The van der Waals surface area contributed by atoms with E-state index in [1.165, 1.54) is 19.1 Å². The zero-order valence-electron chi connectivity index (χ0n) is 10.2. The molecule has 0 aliphatic carbocycles. The van der Waals surface area contributed by atoms with Gasteiger partial charge in [0.05, 0.1) is 15.7 Å². The van der Waals surface area contributed by atoms with E-state index in [0.717, 1.165) is 0 Å². The molecule has 20 heavy (non-hydrogen) atoms. The van der Waals surface area contributed by atoms with E-state index >= 15 is 0 Å². The highest BCUT2D eigenvalue weighted by molar-refractivity contribution is 6.38. The lowest BCUT2D eigenvalue weighted by Gasteiger charge is -2.15. The van der Waals surface area contributed by atoms with Crippen LogP contribution in [0.15, 0.2) is 12.1 Å². The molecule has 0 aliphatic heterocycles. The van der Waals surface area contributed by atoms with Crippen molar-refractivity contribution in [1.82, 2.24) is 5.32 Å². The lowest BCUT2D eigenvalue weighted by molar-refractivity contribution is -0.117. The lowest BCUT2D eigenvalue weighted by Crippen LogP contribution is -2.44. The minimum absolute atomic E-state index is 0.00595. The summed E-state index contributed by atoms with van der Waals surface area (Å²) < 4.78 is 0. The van der Waals surface area contributed by atoms with Gasteiger partial charge in [-0.1, -0.05) is 23.2 Å². The molecule has 0 aromatic heterocycles. The molecule has 1 unspecified atom stereocenters. The van der Waals surface area contributed by atoms with Gasteiger partial charge in [-0.3, -0.25) is 4.79 Å². The second-order valence-corrected chi connectivity index (χ2v) is 4.62. The number of carboxylic acids is 1. The Kier molecular flexibility index (Phi) is 5.18. The molecule has 3 amide bonds. The summed E-state index contributed by atoms with van der Waals surface area (Å²) in [6, 6.07) is 0.791. The monoisotopic (exact) mass is 319 g/mol. The van der Waals surface area contributed by atoms with Gasteiger partial charge in [-0.05, 0) is 19.1 Å². The van der Waals surface area contributed by atoms with Crippen LogP contribution in [0.4, 0.5) is 10.5 Å². The van der Waals surface area contributed by atoms with Crippen molar-refractivity contribution in [3.63, 3.8) is 0 Å². The van der Waals surface area contributed by atoms with Crippen molar-refractivity contribution in [2.75, 3.05) is 5.32 Å². The summed E-state index contributed by atoms with van der Waals surface area (Å²) in [6.07, 6.45) is 0. The first kappa shape index (κ1) is 16.1. The summed E-state index contributed by atoms with van der Waals surface area (Å²) in [5.41, 5.74) is 4.41. The van der Waals surface area contributed by atoms with Crippen LogP contribution in [0.1, 0.15) is 17.3 Å². The van der Waals surface area contributed by atoms with Crippen molar-refractivity contribution in [1.29, 1.82) is 0 Å². The molecule has 0 heterocycles. The molecule has 0 saturated heterocycles. The molecule has 0 saturated carbocycles. The number of rotatable bonds is 4. The van der Waals surface area contributed by atoms with Crippen LogP contribution in [-0.4, -0.2) is 29.1 Å². The molecule has 0 spiro atoms. The second-order valence-electron chi connectivity index (χ2n) is 3.80. The van der Waals surface area contributed by atoms with E-state index in [1.54, 1.807) is 0 Å². The first-order chi connectivity index (χ1) is 9.23. The van der Waals surface area contributed by atoms with Crippen molar-refractivity contribution >= 4 is 46.8 Å². The van der Waals surface area contributed by atoms with Gasteiger partial charge in [0.15, 0.2) is 0 Å². The molecule has 1 atom stereocenters. The van der Waals surface area contributed by atoms with Crippen LogP contribution < -0.4 is 16.4 Å². The maximum atomic E-state index is 11.8. The average Bonchev–Trinajstić information content (AvgIpc) is 2.32. The smallest absolute Gasteiger partial charge is 0.339 e. The number of hydrogen-bond donors (Lipinski definition) is 4. The third-order valence-corrected chi connectivity index (χ3v) is 2.95.